The van der Waals surface area contributed by atoms with Crippen LogP contribution in [0.25, 0.3) is 0 Å². The Labute approximate surface area is 177 Å². The molecule has 8 heteroatoms. The zero-order valence-corrected chi connectivity index (χ0v) is 16.7. The summed E-state index contributed by atoms with van der Waals surface area (Å²) in [6.07, 6.45) is 0.580. The van der Waals surface area contributed by atoms with E-state index in [0.29, 0.717) is 27.9 Å². The second kappa shape index (κ2) is 7.19. The van der Waals surface area contributed by atoms with Crippen LogP contribution in [-0.4, -0.2) is 25.0 Å². The number of nitrogens with zero attached hydrogens (tertiary/aromatic N) is 2. The van der Waals surface area contributed by atoms with Crippen molar-refractivity contribution >= 4 is 34.8 Å². The molecular weight excluding hydrogens is 408 g/mol. The van der Waals surface area contributed by atoms with Crippen LogP contribution in [-0.2, 0) is 14.4 Å². The number of hydrogen-bond donors (Lipinski definition) is 0. The number of anilines is 2. The van der Waals surface area contributed by atoms with Gasteiger partial charge < -0.3 is 9.15 Å². The van der Waals surface area contributed by atoms with Gasteiger partial charge in [0.1, 0.15) is 23.5 Å². The minimum atomic E-state index is -0.953. The van der Waals surface area contributed by atoms with Crippen molar-refractivity contribution in [2.75, 3.05) is 17.1 Å². The zero-order valence-electron chi connectivity index (χ0n) is 15.9. The van der Waals surface area contributed by atoms with Crippen molar-refractivity contribution in [3.8, 4) is 5.75 Å². The lowest BCUT2D eigenvalue weighted by molar-refractivity contribution is -0.126. The van der Waals surface area contributed by atoms with Crippen molar-refractivity contribution < 1.29 is 23.6 Å². The van der Waals surface area contributed by atoms with Crippen LogP contribution >= 0.6 is 11.6 Å². The molecule has 0 spiro atoms. The molecule has 2 aliphatic heterocycles. The summed E-state index contributed by atoms with van der Waals surface area (Å²) < 4.78 is 10.8. The third-order valence-electron chi connectivity index (χ3n) is 5.36. The van der Waals surface area contributed by atoms with E-state index >= 15 is 0 Å². The molecule has 3 heterocycles. The van der Waals surface area contributed by atoms with E-state index < -0.39 is 24.0 Å². The van der Waals surface area contributed by atoms with E-state index in [2.05, 4.69) is 0 Å². The standard InChI is InChI=1S/C22H17ClN2O5/c1-28-16-10-8-14(9-11-16)24-21(26)18-19(17-3-2-12-29-17)25(30-20(18)22(24)27)15-6-4-13(23)5-7-15/h2-12,18-20H,1H3/t18-,19+,20+/m0/s1. The van der Waals surface area contributed by atoms with Crippen LogP contribution in [0.3, 0.4) is 0 Å². The van der Waals surface area contributed by atoms with Crippen molar-refractivity contribution in [1.29, 1.82) is 0 Å². The maximum Gasteiger partial charge on any atom is 0.266 e. The monoisotopic (exact) mass is 424 g/mol. The highest BCUT2D eigenvalue weighted by atomic mass is 35.5. The van der Waals surface area contributed by atoms with Crippen LogP contribution in [0.4, 0.5) is 11.4 Å². The van der Waals surface area contributed by atoms with Gasteiger partial charge in [0.2, 0.25) is 5.91 Å². The Morgan fingerprint density at radius 1 is 0.933 bits per heavy atom. The normalized spacial score (nSPS) is 23.2. The van der Waals surface area contributed by atoms with Crippen LogP contribution in [0.15, 0.2) is 71.3 Å². The summed E-state index contributed by atoms with van der Waals surface area (Å²) in [5, 5.41) is 2.14. The van der Waals surface area contributed by atoms with Crippen molar-refractivity contribution in [3.05, 3.63) is 77.7 Å². The molecule has 2 saturated heterocycles. The smallest absolute Gasteiger partial charge is 0.266 e. The molecule has 2 aliphatic rings. The number of methoxy groups -OCH3 is 1. The first-order valence-electron chi connectivity index (χ1n) is 9.35. The number of imide groups is 1. The maximum absolute atomic E-state index is 13.4. The molecule has 5 rings (SSSR count). The van der Waals surface area contributed by atoms with Crippen LogP contribution in [0, 0.1) is 5.92 Å². The van der Waals surface area contributed by atoms with Gasteiger partial charge in [0.15, 0.2) is 6.10 Å². The fraction of sp³-hybridized carbons (Fsp3) is 0.182. The highest BCUT2D eigenvalue weighted by Crippen LogP contribution is 2.47. The first kappa shape index (κ1) is 18.7. The van der Waals surface area contributed by atoms with Crippen molar-refractivity contribution in [1.82, 2.24) is 0 Å². The summed E-state index contributed by atoms with van der Waals surface area (Å²) in [5.41, 5.74) is 1.15. The lowest BCUT2D eigenvalue weighted by Gasteiger charge is -2.27. The number of carbonyl (C=O) groups excluding carboxylic acids is 2. The molecule has 2 fully saturated rings. The van der Waals surface area contributed by atoms with Gasteiger partial charge in [-0.3, -0.25) is 14.4 Å². The van der Waals surface area contributed by atoms with Gasteiger partial charge in [0.25, 0.3) is 5.91 Å². The predicted molar refractivity (Wildman–Crippen MR) is 109 cm³/mol. The highest BCUT2D eigenvalue weighted by Gasteiger charge is 2.61. The van der Waals surface area contributed by atoms with E-state index in [9.17, 15) is 9.59 Å². The lowest BCUT2D eigenvalue weighted by atomic mass is 9.94. The van der Waals surface area contributed by atoms with Crippen LogP contribution in [0.1, 0.15) is 11.8 Å². The van der Waals surface area contributed by atoms with E-state index in [-0.39, 0.29) is 5.91 Å². The van der Waals surface area contributed by atoms with Gasteiger partial charge >= 0.3 is 0 Å². The first-order chi connectivity index (χ1) is 14.6. The third kappa shape index (κ3) is 2.86. The molecule has 0 N–H and O–H groups in total. The number of furan rings is 1. The SMILES string of the molecule is COc1ccc(N2C(=O)[C@H]3[C@@H](c4ccco4)N(c4ccc(Cl)cc4)O[C@H]3C2=O)cc1. The molecule has 3 aromatic rings. The third-order valence-corrected chi connectivity index (χ3v) is 5.61. The fourth-order valence-corrected chi connectivity index (χ4v) is 4.09. The Morgan fingerprint density at radius 2 is 1.63 bits per heavy atom. The quantitative estimate of drug-likeness (QED) is 0.590. The second-order valence-electron chi connectivity index (χ2n) is 7.02. The predicted octanol–water partition coefficient (Wildman–Crippen LogP) is 3.99. The Morgan fingerprint density at radius 3 is 2.27 bits per heavy atom. The molecule has 0 saturated carbocycles. The van der Waals surface area contributed by atoms with Crippen molar-refractivity contribution in [2.45, 2.75) is 12.1 Å². The number of halogens is 1. The van der Waals surface area contributed by atoms with E-state index in [1.54, 1.807) is 72.8 Å². The Kier molecular flexibility index (Phi) is 4.49. The molecule has 30 heavy (non-hydrogen) atoms. The summed E-state index contributed by atoms with van der Waals surface area (Å²) >= 11 is 6.00. The fourth-order valence-electron chi connectivity index (χ4n) is 3.96. The van der Waals surface area contributed by atoms with Crippen molar-refractivity contribution in [2.24, 2.45) is 5.92 Å². The van der Waals surface area contributed by atoms with Crippen molar-refractivity contribution in [3.63, 3.8) is 0 Å². The average Bonchev–Trinajstić information content (AvgIpc) is 3.47. The number of amides is 2. The van der Waals surface area contributed by atoms with E-state index in [1.165, 1.54) is 11.2 Å². The molecule has 7 nitrogen and oxygen atoms in total. The average molecular weight is 425 g/mol. The van der Waals surface area contributed by atoms with Gasteiger partial charge in [0, 0.05) is 5.02 Å². The van der Waals surface area contributed by atoms with Gasteiger partial charge in [-0.15, -0.1) is 0 Å². The molecule has 2 aromatic carbocycles. The summed E-state index contributed by atoms with van der Waals surface area (Å²) in [5.74, 6) is -0.329. The van der Waals surface area contributed by atoms with Gasteiger partial charge in [0.05, 0.1) is 24.7 Å². The molecule has 3 atom stereocenters. The largest absolute Gasteiger partial charge is 0.497 e. The van der Waals surface area contributed by atoms with Crippen LogP contribution in [0.2, 0.25) is 5.02 Å². The minimum Gasteiger partial charge on any atom is -0.497 e. The molecule has 0 unspecified atom stereocenters. The summed E-state index contributed by atoms with van der Waals surface area (Å²) in [6, 6.07) is 16.7. The molecular formula is C22H17ClN2O5. The number of rotatable bonds is 4. The van der Waals surface area contributed by atoms with Gasteiger partial charge in [-0.1, -0.05) is 11.6 Å². The molecule has 2 amide bonds. The van der Waals surface area contributed by atoms with E-state index in [4.69, 9.17) is 25.6 Å². The molecule has 0 aliphatic carbocycles. The molecule has 152 valence electrons. The Hall–Kier alpha value is -3.29. The van der Waals surface area contributed by atoms with E-state index in [0.717, 1.165) is 0 Å². The van der Waals surface area contributed by atoms with Gasteiger partial charge in [-0.05, 0) is 60.7 Å². The van der Waals surface area contributed by atoms with Gasteiger partial charge in [-0.25, -0.2) is 9.96 Å². The summed E-state index contributed by atoms with van der Waals surface area (Å²) in [7, 11) is 1.55. The summed E-state index contributed by atoms with van der Waals surface area (Å²) in [4.78, 5) is 33.8. The lowest BCUT2D eigenvalue weighted by Crippen LogP contribution is -2.37. The number of benzene rings is 2. The topological polar surface area (TPSA) is 72.2 Å². The number of fused-ring (bicyclic) bond motifs is 1. The Balaban J connectivity index is 1.53. The molecule has 0 bridgehead atoms. The van der Waals surface area contributed by atoms with Crippen LogP contribution < -0.4 is 14.7 Å². The summed E-state index contributed by atoms with van der Waals surface area (Å²) in [6.45, 7) is 0. The highest BCUT2D eigenvalue weighted by molar-refractivity contribution is 6.30. The number of carbonyl (C=O) groups is 2. The van der Waals surface area contributed by atoms with E-state index in [1.807, 2.05) is 0 Å². The number of hydrogen-bond acceptors (Lipinski definition) is 6. The minimum absolute atomic E-state index is 0.340. The van der Waals surface area contributed by atoms with Crippen LogP contribution in [0.5, 0.6) is 5.75 Å². The first-order valence-corrected chi connectivity index (χ1v) is 9.73. The van der Waals surface area contributed by atoms with Gasteiger partial charge in [-0.2, -0.15) is 0 Å². The second-order valence-corrected chi connectivity index (χ2v) is 7.46. The Bertz CT molecular complexity index is 1080. The zero-order chi connectivity index (χ0) is 20.8. The molecule has 0 radical (unpaired) electrons. The molecule has 1 aromatic heterocycles. The number of hydroxylamine groups is 1. The maximum atomic E-state index is 13.4. The number of ether oxygens (including phenoxy) is 1.